The number of carbonyl (C=O) groups is 2. The molecule has 7 fully saturated rings. The van der Waals surface area contributed by atoms with Crippen LogP contribution in [0.1, 0.15) is 20.8 Å². The lowest BCUT2D eigenvalue weighted by Crippen LogP contribution is -2.71. The second-order valence-electron chi connectivity index (χ2n) is 20.6. The Balaban J connectivity index is 1.15. The summed E-state index contributed by atoms with van der Waals surface area (Å²) in [5.41, 5.74) is 0. The molecule has 2 amide bonds. The van der Waals surface area contributed by atoms with Gasteiger partial charge in [0.15, 0.2) is 44.0 Å². The maximum atomic E-state index is 12.9. The minimum atomic E-state index is -2.23. The number of carbonyl (C=O) groups excluding carboxylic acids is 2. The molecule has 7 aliphatic rings. The third-order valence-electron chi connectivity index (χ3n) is 14.9. The van der Waals surface area contributed by atoms with Crippen LogP contribution in [0.2, 0.25) is 0 Å². The van der Waals surface area contributed by atoms with Gasteiger partial charge in [-0.1, -0.05) is 0 Å². The quantitative estimate of drug-likeness (QED) is 0.0538. The second kappa shape index (κ2) is 28.4. The van der Waals surface area contributed by atoms with Crippen molar-refractivity contribution in [2.75, 3.05) is 39.6 Å². The average molecular weight is 1190 g/mol. The minimum Gasteiger partial charge on any atom is -0.394 e. The fourth-order valence-corrected chi connectivity index (χ4v) is 10.4. The monoisotopic (exact) mass is 1190 g/mol. The molecule has 0 aromatic carbocycles. The van der Waals surface area contributed by atoms with E-state index in [0.717, 1.165) is 13.8 Å². The molecule has 7 heterocycles. The van der Waals surface area contributed by atoms with Crippen molar-refractivity contribution in [1.82, 2.24) is 10.6 Å². The third-order valence-corrected chi connectivity index (χ3v) is 14.9. The Morgan fingerprint density at radius 3 is 1.32 bits per heavy atom. The van der Waals surface area contributed by atoms with Crippen molar-refractivity contribution in [2.45, 2.75) is 229 Å². The molecule has 81 heavy (non-hydrogen) atoms. The number of hydrogen-bond donors (Lipinski definition) is 21. The van der Waals surface area contributed by atoms with E-state index in [4.69, 9.17) is 61.6 Å². The number of amides is 2. The predicted octanol–water partition coefficient (Wildman–Crippen LogP) is -14.3. The number of hydrogen-bond acceptors (Lipinski definition) is 34. The van der Waals surface area contributed by atoms with E-state index in [1.807, 2.05) is 0 Å². The fourth-order valence-electron chi connectivity index (χ4n) is 10.4. The predicted molar refractivity (Wildman–Crippen MR) is 248 cm³/mol. The van der Waals surface area contributed by atoms with E-state index in [2.05, 4.69) is 10.6 Å². The van der Waals surface area contributed by atoms with Crippen LogP contribution in [0, 0.1) is 0 Å². The van der Waals surface area contributed by atoms with E-state index in [1.165, 1.54) is 6.92 Å². The van der Waals surface area contributed by atoms with E-state index < -0.39 is 260 Å². The molecule has 0 radical (unpaired) electrons. The van der Waals surface area contributed by atoms with Crippen molar-refractivity contribution in [3.63, 3.8) is 0 Å². The number of nitrogens with one attached hydrogen (secondary N) is 2. The molecule has 0 spiro atoms. The molecule has 0 saturated carbocycles. The third kappa shape index (κ3) is 14.2. The van der Waals surface area contributed by atoms with Gasteiger partial charge in [-0.15, -0.1) is 0 Å². The van der Waals surface area contributed by atoms with Crippen molar-refractivity contribution >= 4 is 11.8 Å². The van der Waals surface area contributed by atoms with Crippen molar-refractivity contribution in [2.24, 2.45) is 0 Å². The molecule has 0 aliphatic carbocycles. The molecule has 7 rings (SSSR count). The van der Waals surface area contributed by atoms with Gasteiger partial charge in [-0.2, -0.15) is 0 Å². The molecule has 21 N–H and O–H groups in total. The number of ether oxygens (including phenoxy) is 13. The lowest BCUT2D eigenvalue weighted by molar-refractivity contribution is -0.385. The molecular formula is C45H76N2O34. The minimum absolute atomic E-state index is 0.785. The van der Waals surface area contributed by atoms with Crippen LogP contribution in [0.5, 0.6) is 0 Å². The summed E-state index contributed by atoms with van der Waals surface area (Å²) in [5, 5.41) is 209. The van der Waals surface area contributed by atoms with Gasteiger partial charge in [0.25, 0.3) is 0 Å². The molecule has 0 aromatic heterocycles. The van der Waals surface area contributed by atoms with Gasteiger partial charge < -0.3 is 169 Å². The van der Waals surface area contributed by atoms with E-state index in [1.54, 1.807) is 0 Å². The number of aliphatic hydroxyl groups excluding tert-OH is 19. The molecule has 7 saturated heterocycles. The highest BCUT2D eigenvalue weighted by molar-refractivity contribution is 5.73. The second-order valence-corrected chi connectivity index (χ2v) is 20.6. The Labute approximate surface area is 459 Å². The summed E-state index contributed by atoms with van der Waals surface area (Å²) in [5.74, 6) is -1.66. The van der Waals surface area contributed by atoms with E-state index >= 15 is 0 Å². The van der Waals surface area contributed by atoms with Crippen LogP contribution in [-0.2, 0) is 71.2 Å². The Bertz CT molecular complexity index is 1990. The highest BCUT2D eigenvalue weighted by atomic mass is 16.8. The van der Waals surface area contributed by atoms with Gasteiger partial charge in [-0.3, -0.25) is 9.59 Å². The molecule has 0 unspecified atom stereocenters. The zero-order chi connectivity index (χ0) is 59.6. The Hall–Kier alpha value is -2.34. The van der Waals surface area contributed by atoms with E-state index in [9.17, 15) is 107 Å². The molecule has 0 aromatic rings. The van der Waals surface area contributed by atoms with Crippen molar-refractivity contribution in [3.05, 3.63) is 0 Å². The summed E-state index contributed by atoms with van der Waals surface area (Å²) in [6.45, 7) is -2.39. The fraction of sp³-hybridized carbons (Fsp3) is 0.956. The topological polar surface area (TPSA) is 563 Å². The van der Waals surface area contributed by atoms with E-state index in [-0.39, 0.29) is 0 Å². The average Bonchev–Trinajstić information content (AvgIpc) is 3.72. The summed E-state index contributed by atoms with van der Waals surface area (Å²) in [7, 11) is 0. The molecule has 34 atom stereocenters. The highest BCUT2D eigenvalue weighted by Gasteiger charge is 2.59. The number of rotatable bonds is 20. The van der Waals surface area contributed by atoms with Crippen LogP contribution < -0.4 is 10.6 Å². The van der Waals surface area contributed by atoms with Gasteiger partial charge in [0.05, 0.1) is 45.7 Å². The van der Waals surface area contributed by atoms with Crippen molar-refractivity contribution in [3.8, 4) is 0 Å². The molecule has 470 valence electrons. The Morgan fingerprint density at radius 2 is 0.753 bits per heavy atom. The Morgan fingerprint density at radius 1 is 0.346 bits per heavy atom. The molecular weight excluding hydrogens is 1110 g/mol. The maximum Gasteiger partial charge on any atom is 0.217 e. The number of aliphatic hydroxyl groups is 19. The summed E-state index contributed by atoms with van der Waals surface area (Å²) < 4.78 is 75.3. The van der Waals surface area contributed by atoms with Gasteiger partial charge in [-0.25, -0.2) is 0 Å². The maximum absolute atomic E-state index is 12.9. The van der Waals surface area contributed by atoms with Gasteiger partial charge in [0.2, 0.25) is 11.8 Å². The Kier molecular flexibility index (Phi) is 23.2. The zero-order valence-electron chi connectivity index (χ0n) is 43.5. The largest absolute Gasteiger partial charge is 0.394 e. The lowest BCUT2D eigenvalue weighted by atomic mass is 9.93. The van der Waals surface area contributed by atoms with Crippen LogP contribution in [0.3, 0.4) is 0 Å². The van der Waals surface area contributed by atoms with Crippen LogP contribution >= 0.6 is 0 Å². The summed E-state index contributed by atoms with van der Waals surface area (Å²) in [6.07, 6.45) is -59.9. The first-order valence-corrected chi connectivity index (χ1v) is 25.9. The first kappa shape index (κ1) is 66.2. The van der Waals surface area contributed by atoms with Gasteiger partial charge in [0.1, 0.15) is 159 Å². The summed E-state index contributed by atoms with van der Waals surface area (Å²) in [6, 6.07) is -3.49. The van der Waals surface area contributed by atoms with Crippen LogP contribution in [0.15, 0.2) is 0 Å². The first-order chi connectivity index (χ1) is 38.3. The first-order valence-electron chi connectivity index (χ1n) is 25.9. The van der Waals surface area contributed by atoms with Gasteiger partial charge >= 0.3 is 0 Å². The van der Waals surface area contributed by atoms with Crippen LogP contribution in [0.25, 0.3) is 0 Å². The molecule has 36 heteroatoms. The molecule has 7 aliphatic heterocycles. The van der Waals surface area contributed by atoms with Gasteiger partial charge in [-0.05, 0) is 6.92 Å². The zero-order valence-corrected chi connectivity index (χ0v) is 43.5. The lowest BCUT2D eigenvalue weighted by Gasteiger charge is -2.51. The standard InChI is InChI=1S/C45H76N2O34/c1-10-21(55)27(61)31(65)42(70-10)79-36-20(47-12(3)54)39(68)71-17(8-52)35(36)78-40-19(46-11(2)53)26(60)34(16(7-51)75-40)77-45-38(81-43-30(64)23(57)14(5-49)74-43)29(63)24(58)18(76-45)9-69-41-33(67)37(25(59)15(6-50)72-41)80-44-32(66)28(62)22(56)13(4-48)73-44/h10,13-45,48-52,55-68H,4-9H2,1-3H3,(H,46,53)(H,47,54)/t10-,13+,14+,15+,16+,17+,18+,19+,20+,21+,22+,23-,24+,25+,26+,27+,28-,29-,30+,31-,32-,33-,34+,35+,36+,37-,38-,39+,40-,41-,42-,43-,44+,45-/m0/s1. The van der Waals surface area contributed by atoms with Crippen LogP contribution in [-0.4, -0.2) is 357 Å². The van der Waals surface area contributed by atoms with Crippen molar-refractivity contribution in [1.29, 1.82) is 0 Å². The summed E-state index contributed by atoms with van der Waals surface area (Å²) in [4.78, 5) is 25.4. The SMILES string of the molecule is CC(=O)N[C@@H]1[C@@H](O[C@@H]2O[C@@H](C)[C@@H](O)[C@@H](O)[C@@H]2O)[C@H](O[C@@H]2O[C@H](CO)[C@@H](O[C@@H]3O[C@H](CO[C@H]4O[C@H](CO)[C@@H](O)[C@H](O[C@H]5O[C@H](CO)[C@@H](O)[C@H](O)[C@@H]5O)[C@@H]4O)[C@@H](O)[C@H](O)[C@@H]3O[C@@H]3O[C@H](CO)[C@H](O)[C@H]3O)[C@H](O)[C@H]2NC(C)=O)[C@@H](CO)O[C@H]1O. The normalized spacial score (nSPS) is 50.7. The van der Waals surface area contributed by atoms with Gasteiger partial charge in [0, 0.05) is 13.8 Å². The molecule has 36 nitrogen and oxygen atoms in total. The van der Waals surface area contributed by atoms with Crippen molar-refractivity contribution < 1.29 is 168 Å². The molecule has 0 bridgehead atoms. The highest BCUT2D eigenvalue weighted by Crippen LogP contribution is 2.38. The smallest absolute Gasteiger partial charge is 0.217 e. The van der Waals surface area contributed by atoms with Crippen LogP contribution in [0.4, 0.5) is 0 Å². The van der Waals surface area contributed by atoms with E-state index in [0.29, 0.717) is 0 Å². The summed E-state index contributed by atoms with van der Waals surface area (Å²) >= 11 is 0.